The Morgan fingerprint density at radius 1 is 1.10 bits per heavy atom. The minimum Gasteiger partial charge on any atom is -0.364 e. The van der Waals surface area contributed by atoms with Gasteiger partial charge in [-0.15, -0.1) is 0 Å². The molecule has 4 nitrogen and oxygen atoms in total. The van der Waals surface area contributed by atoms with E-state index in [-0.39, 0.29) is 17.7 Å². The monoisotopic (exact) mass is 290 g/mol. The van der Waals surface area contributed by atoms with Crippen molar-refractivity contribution in [1.29, 1.82) is 0 Å². The first-order valence-corrected chi connectivity index (χ1v) is 6.83. The van der Waals surface area contributed by atoms with Crippen molar-refractivity contribution in [2.45, 2.75) is 25.3 Å². The Morgan fingerprint density at radius 3 is 2.57 bits per heavy atom. The highest BCUT2D eigenvalue weighted by Crippen LogP contribution is 2.25. The number of pyridine rings is 1. The summed E-state index contributed by atoms with van der Waals surface area (Å²) >= 11 is 0. The van der Waals surface area contributed by atoms with Crippen LogP contribution in [-0.2, 0) is 12.8 Å². The lowest BCUT2D eigenvalue weighted by Gasteiger charge is -2.26. The van der Waals surface area contributed by atoms with E-state index in [1.54, 1.807) is 0 Å². The summed E-state index contributed by atoms with van der Waals surface area (Å²) in [4.78, 5) is 3.84. The van der Waals surface area contributed by atoms with Gasteiger partial charge in [-0.2, -0.15) is 0 Å². The van der Waals surface area contributed by atoms with Gasteiger partial charge in [0.2, 0.25) is 0 Å². The smallest absolute Gasteiger partial charge is 0.178 e. The fraction of sp³-hybridized carbons (Fsp3) is 0.267. The Labute approximate surface area is 121 Å². The van der Waals surface area contributed by atoms with E-state index in [1.165, 1.54) is 11.1 Å². The number of aromatic nitrogens is 1. The second-order valence-corrected chi connectivity index (χ2v) is 5.15. The van der Waals surface area contributed by atoms with Gasteiger partial charge < -0.3 is 10.7 Å². The number of nitrogen functional groups attached to an aromatic ring is 1. The van der Waals surface area contributed by atoms with E-state index in [1.807, 2.05) is 12.1 Å². The fourth-order valence-electron chi connectivity index (χ4n) is 2.68. The molecule has 21 heavy (non-hydrogen) atoms. The van der Waals surface area contributed by atoms with E-state index in [4.69, 9.17) is 5.84 Å². The van der Waals surface area contributed by atoms with Gasteiger partial charge in [-0.3, -0.25) is 0 Å². The molecule has 1 aliphatic rings. The molecule has 0 saturated heterocycles. The van der Waals surface area contributed by atoms with Crippen LogP contribution < -0.4 is 16.6 Å². The molecule has 6 heteroatoms. The maximum absolute atomic E-state index is 13.8. The van der Waals surface area contributed by atoms with Crippen LogP contribution >= 0.6 is 0 Å². The van der Waals surface area contributed by atoms with E-state index in [0.717, 1.165) is 25.3 Å². The lowest BCUT2D eigenvalue weighted by Crippen LogP contribution is -2.28. The Morgan fingerprint density at radius 2 is 1.81 bits per heavy atom. The van der Waals surface area contributed by atoms with Crippen molar-refractivity contribution in [2.75, 3.05) is 10.7 Å². The third-order valence-electron chi connectivity index (χ3n) is 3.75. The zero-order chi connectivity index (χ0) is 14.8. The summed E-state index contributed by atoms with van der Waals surface area (Å²) in [5.74, 6) is 3.49. The molecule has 1 heterocycles. The van der Waals surface area contributed by atoms with E-state index in [2.05, 4.69) is 27.9 Å². The maximum Gasteiger partial charge on any atom is 0.178 e. The number of fused-ring (bicyclic) bond motifs is 1. The molecule has 0 bridgehead atoms. The van der Waals surface area contributed by atoms with Gasteiger partial charge in [-0.25, -0.2) is 19.6 Å². The van der Waals surface area contributed by atoms with E-state index in [0.29, 0.717) is 0 Å². The lowest BCUT2D eigenvalue weighted by atomic mass is 9.88. The van der Waals surface area contributed by atoms with Crippen LogP contribution in [0, 0.1) is 11.6 Å². The van der Waals surface area contributed by atoms with Crippen molar-refractivity contribution in [2.24, 2.45) is 5.84 Å². The molecule has 1 atom stereocenters. The first kappa shape index (κ1) is 13.8. The van der Waals surface area contributed by atoms with Crippen molar-refractivity contribution in [3.05, 3.63) is 53.1 Å². The first-order valence-electron chi connectivity index (χ1n) is 6.83. The summed E-state index contributed by atoms with van der Waals surface area (Å²) in [6, 6.07) is 9.05. The number of hydrogen-bond acceptors (Lipinski definition) is 4. The molecular formula is C15H16F2N4. The third kappa shape index (κ3) is 2.80. The summed E-state index contributed by atoms with van der Waals surface area (Å²) in [6.07, 6.45) is 2.60. The number of benzene rings is 1. The second-order valence-electron chi connectivity index (χ2n) is 5.15. The van der Waals surface area contributed by atoms with Crippen molar-refractivity contribution in [3.8, 4) is 0 Å². The minimum atomic E-state index is -0.811. The van der Waals surface area contributed by atoms with Crippen LogP contribution in [0.2, 0.25) is 0 Å². The molecule has 0 radical (unpaired) electrons. The highest BCUT2D eigenvalue weighted by molar-refractivity contribution is 5.48. The van der Waals surface area contributed by atoms with E-state index < -0.39 is 11.6 Å². The van der Waals surface area contributed by atoms with Gasteiger partial charge in [-0.05, 0) is 30.4 Å². The summed E-state index contributed by atoms with van der Waals surface area (Å²) in [5, 5.41) is 3.04. The number of aryl methyl sites for hydroxylation is 1. The van der Waals surface area contributed by atoms with E-state index in [9.17, 15) is 8.78 Å². The third-order valence-corrected chi connectivity index (χ3v) is 3.75. The summed E-state index contributed by atoms with van der Waals surface area (Å²) in [5.41, 5.74) is 4.70. The van der Waals surface area contributed by atoms with Crippen LogP contribution in [0.5, 0.6) is 0 Å². The zero-order valence-electron chi connectivity index (χ0n) is 11.4. The van der Waals surface area contributed by atoms with Gasteiger partial charge in [0.25, 0.3) is 0 Å². The molecule has 0 spiro atoms. The number of hydrazine groups is 1. The van der Waals surface area contributed by atoms with Crippen LogP contribution in [0.1, 0.15) is 17.5 Å². The predicted molar refractivity (Wildman–Crippen MR) is 77.8 cm³/mol. The topological polar surface area (TPSA) is 63.0 Å². The molecule has 3 rings (SSSR count). The summed E-state index contributed by atoms with van der Waals surface area (Å²) < 4.78 is 27.1. The molecule has 1 aromatic carbocycles. The maximum atomic E-state index is 13.8. The highest BCUT2D eigenvalue weighted by atomic mass is 19.1. The lowest BCUT2D eigenvalue weighted by molar-refractivity contribution is 0.565. The van der Waals surface area contributed by atoms with Crippen LogP contribution in [0.15, 0.2) is 30.3 Å². The predicted octanol–water partition coefficient (Wildman–Crippen LogP) is 2.61. The number of nitrogens with one attached hydrogen (secondary N) is 2. The first-order chi connectivity index (χ1) is 10.2. The largest absolute Gasteiger partial charge is 0.364 e. The molecule has 2 aromatic rings. The molecule has 0 aliphatic heterocycles. The number of anilines is 2. The van der Waals surface area contributed by atoms with Gasteiger partial charge in [-0.1, -0.05) is 24.3 Å². The van der Waals surface area contributed by atoms with Crippen LogP contribution in [0.4, 0.5) is 20.4 Å². The highest BCUT2D eigenvalue weighted by Gasteiger charge is 2.20. The molecular weight excluding hydrogens is 274 g/mol. The van der Waals surface area contributed by atoms with Crippen LogP contribution in [0.3, 0.4) is 0 Å². The molecule has 1 aliphatic carbocycles. The van der Waals surface area contributed by atoms with Crippen molar-refractivity contribution in [3.63, 3.8) is 0 Å². The Kier molecular flexibility index (Phi) is 3.70. The van der Waals surface area contributed by atoms with Crippen molar-refractivity contribution < 1.29 is 8.78 Å². The molecule has 0 amide bonds. The number of hydrogen-bond donors (Lipinski definition) is 3. The molecule has 4 N–H and O–H groups in total. The Hall–Kier alpha value is -2.21. The fourth-order valence-corrected chi connectivity index (χ4v) is 2.68. The number of nitrogens with zero attached hydrogens (tertiary/aromatic N) is 1. The standard InChI is InChI=1S/C15H16F2N4/c16-12-8-13(17)15(21-18)20-14(12)19-11-6-5-9-3-1-2-4-10(9)7-11/h1-4,8,11H,5-7,18H2,(H2,19,20,21). The molecule has 0 fully saturated rings. The second kappa shape index (κ2) is 5.65. The normalized spacial score (nSPS) is 17.2. The Balaban J connectivity index is 1.79. The number of halogens is 2. The van der Waals surface area contributed by atoms with Gasteiger partial charge >= 0.3 is 0 Å². The van der Waals surface area contributed by atoms with Gasteiger partial charge in [0.1, 0.15) is 0 Å². The van der Waals surface area contributed by atoms with E-state index >= 15 is 0 Å². The average Bonchev–Trinajstić information content (AvgIpc) is 2.50. The van der Waals surface area contributed by atoms with Crippen molar-refractivity contribution in [1.82, 2.24) is 4.98 Å². The van der Waals surface area contributed by atoms with Crippen molar-refractivity contribution >= 4 is 11.6 Å². The van der Waals surface area contributed by atoms with Gasteiger partial charge in [0.05, 0.1) is 0 Å². The van der Waals surface area contributed by atoms with Gasteiger partial charge in [0.15, 0.2) is 23.3 Å². The molecule has 0 saturated carbocycles. The number of rotatable bonds is 3. The zero-order valence-corrected chi connectivity index (χ0v) is 11.4. The van der Waals surface area contributed by atoms with Gasteiger partial charge in [0, 0.05) is 12.1 Å². The Bertz CT molecular complexity index is 660. The SMILES string of the molecule is NNc1nc(NC2CCc3ccccc3C2)c(F)cc1F. The molecule has 1 unspecified atom stereocenters. The average molecular weight is 290 g/mol. The van der Waals surface area contributed by atoms with Crippen LogP contribution in [0.25, 0.3) is 0 Å². The quantitative estimate of drug-likeness (QED) is 0.600. The molecule has 110 valence electrons. The summed E-state index contributed by atoms with van der Waals surface area (Å²) in [7, 11) is 0. The van der Waals surface area contributed by atoms with Crippen LogP contribution in [-0.4, -0.2) is 11.0 Å². The summed E-state index contributed by atoms with van der Waals surface area (Å²) in [6.45, 7) is 0. The minimum absolute atomic E-state index is 0.0220. The number of nitrogens with two attached hydrogens (primary N) is 1. The molecule has 1 aromatic heterocycles.